The van der Waals surface area contributed by atoms with E-state index in [9.17, 15) is 14.4 Å². The molecule has 8 nitrogen and oxygen atoms in total. The van der Waals surface area contributed by atoms with E-state index in [1.807, 2.05) is 0 Å². The Morgan fingerprint density at radius 3 is 2.86 bits per heavy atom. The quantitative estimate of drug-likeness (QED) is 0.344. The van der Waals surface area contributed by atoms with Crippen LogP contribution in [-0.2, 0) is 9.59 Å². The summed E-state index contributed by atoms with van der Waals surface area (Å²) in [5.41, 5.74) is 0.714. The predicted molar refractivity (Wildman–Crippen MR) is 81.4 cm³/mol. The summed E-state index contributed by atoms with van der Waals surface area (Å²) < 4.78 is 0. The molecule has 0 aromatic rings. The van der Waals surface area contributed by atoms with Gasteiger partial charge in [-0.05, 0) is 19.8 Å². The Labute approximate surface area is 130 Å². The van der Waals surface area contributed by atoms with Crippen LogP contribution in [0.15, 0.2) is 16.8 Å². The molecular weight excluding hydrogens is 286 g/mol. The molecule has 1 rings (SSSR count). The molecule has 0 aromatic heterocycles. The number of unbranched alkanes of at least 4 members (excludes halogenated alkanes) is 3. The van der Waals surface area contributed by atoms with Crippen molar-refractivity contribution in [3.05, 3.63) is 11.8 Å². The van der Waals surface area contributed by atoms with Crippen molar-refractivity contribution in [2.75, 3.05) is 20.1 Å². The lowest BCUT2D eigenvalue weighted by Crippen LogP contribution is -2.60. The summed E-state index contributed by atoms with van der Waals surface area (Å²) in [5.74, 6) is -0.153. The highest BCUT2D eigenvalue weighted by atomic mass is 16.2. The van der Waals surface area contributed by atoms with E-state index in [2.05, 4.69) is 20.9 Å². The lowest BCUT2D eigenvalue weighted by molar-refractivity contribution is -0.128. The summed E-state index contributed by atoms with van der Waals surface area (Å²) in [6.07, 6.45) is 6.06. The van der Waals surface area contributed by atoms with Crippen LogP contribution in [0.25, 0.3) is 0 Å². The third kappa shape index (κ3) is 6.41. The highest BCUT2D eigenvalue weighted by Gasteiger charge is 2.24. The first-order valence-corrected chi connectivity index (χ1v) is 7.34. The lowest BCUT2D eigenvalue weighted by Gasteiger charge is -2.33. The average molecular weight is 309 g/mol. The second-order valence-electron chi connectivity index (χ2n) is 5.11. The summed E-state index contributed by atoms with van der Waals surface area (Å²) in [6, 6.07) is -0.322. The third-order valence-electron chi connectivity index (χ3n) is 3.25. The number of hydrogen-bond donors (Lipinski definition) is 3. The maximum absolute atomic E-state index is 11.8. The molecule has 0 fully saturated rings. The van der Waals surface area contributed by atoms with E-state index in [0.717, 1.165) is 25.7 Å². The van der Waals surface area contributed by atoms with Gasteiger partial charge in [0.25, 0.3) is 5.91 Å². The van der Waals surface area contributed by atoms with Gasteiger partial charge in [-0.1, -0.05) is 12.8 Å². The number of carbonyl (C=O) groups excluding carboxylic acids is 3. The van der Waals surface area contributed by atoms with E-state index in [0.29, 0.717) is 18.8 Å². The number of urea groups is 1. The normalized spacial score (nSPS) is 17.2. The number of nitrogens with zero attached hydrogens (tertiary/aromatic N) is 2. The molecule has 0 aromatic carbocycles. The van der Waals surface area contributed by atoms with Crippen molar-refractivity contribution in [1.82, 2.24) is 20.9 Å². The van der Waals surface area contributed by atoms with E-state index < -0.39 is 6.29 Å². The first-order valence-electron chi connectivity index (χ1n) is 7.34. The van der Waals surface area contributed by atoms with Gasteiger partial charge in [-0.15, -0.1) is 0 Å². The van der Waals surface area contributed by atoms with Crippen LogP contribution < -0.4 is 16.0 Å². The van der Waals surface area contributed by atoms with E-state index in [-0.39, 0.29) is 11.9 Å². The highest BCUT2D eigenvalue weighted by Crippen LogP contribution is 2.04. The number of isocyanates is 1. The maximum atomic E-state index is 11.8. The molecule has 0 spiro atoms. The van der Waals surface area contributed by atoms with Crippen molar-refractivity contribution in [3.63, 3.8) is 0 Å². The first-order chi connectivity index (χ1) is 10.5. The van der Waals surface area contributed by atoms with Crippen molar-refractivity contribution < 1.29 is 14.4 Å². The van der Waals surface area contributed by atoms with E-state index >= 15 is 0 Å². The summed E-state index contributed by atoms with van der Waals surface area (Å²) >= 11 is 0. The average Bonchev–Trinajstić information content (AvgIpc) is 2.47. The molecule has 3 N–H and O–H groups in total. The second kappa shape index (κ2) is 9.57. The van der Waals surface area contributed by atoms with Crippen molar-refractivity contribution in [2.24, 2.45) is 4.99 Å². The summed E-state index contributed by atoms with van der Waals surface area (Å²) in [4.78, 5) is 38.1. The molecule has 1 aliphatic heterocycles. The number of rotatable bonds is 8. The van der Waals surface area contributed by atoms with Gasteiger partial charge in [-0.3, -0.25) is 4.79 Å². The van der Waals surface area contributed by atoms with Gasteiger partial charge in [0, 0.05) is 25.4 Å². The Morgan fingerprint density at radius 2 is 2.14 bits per heavy atom. The van der Waals surface area contributed by atoms with Crippen LogP contribution >= 0.6 is 0 Å². The van der Waals surface area contributed by atoms with Crippen molar-refractivity contribution >= 4 is 18.0 Å². The third-order valence-corrected chi connectivity index (χ3v) is 3.25. The zero-order valence-corrected chi connectivity index (χ0v) is 13.0. The van der Waals surface area contributed by atoms with E-state index in [1.54, 1.807) is 14.0 Å². The van der Waals surface area contributed by atoms with E-state index in [4.69, 9.17) is 0 Å². The lowest BCUT2D eigenvalue weighted by atomic mass is 10.2. The van der Waals surface area contributed by atoms with Crippen LogP contribution in [0, 0.1) is 0 Å². The summed E-state index contributed by atoms with van der Waals surface area (Å²) in [7, 11) is 1.62. The molecule has 1 aliphatic rings. The number of hydrogen-bond acceptors (Lipinski definition) is 5. The molecule has 122 valence electrons. The number of aliphatic imine (C=N–C) groups is 1. The largest absolute Gasteiger partial charge is 0.352 e. The van der Waals surface area contributed by atoms with Gasteiger partial charge < -0.3 is 20.9 Å². The Kier molecular flexibility index (Phi) is 7.70. The standard InChI is InChI=1S/C14H23N5O3/c1-11-9-12(21)19(2)13(17-11)18-14(22)16-8-6-4-3-5-7-15-10-20/h9,13,17H,3-8H2,1-2H3,(H2,16,18,22). The zero-order chi connectivity index (χ0) is 16.4. The molecule has 8 heteroatoms. The minimum absolute atomic E-state index is 0.153. The van der Waals surface area contributed by atoms with Crippen LogP contribution in [0.4, 0.5) is 4.79 Å². The molecule has 0 radical (unpaired) electrons. The van der Waals surface area contributed by atoms with Crippen LogP contribution in [-0.4, -0.2) is 49.3 Å². The molecule has 0 bridgehead atoms. The smallest absolute Gasteiger partial charge is 0.317 e. The van der Waals surface area contributed by atoms with Crippen molar-refractivity contribution in [2.45, 2.75) is 38.9 Å². The summed E-state index contributed by atoms with van der Waals surface area (Å²) in [6.45, 7) is 2.84. The first kappa shape index (κ1) is 17.7. The Bertz CT molecular complexity index is 471. The number of allylic oxidation sites excluding steroid dienone is 1. The number of nitrogens with one attached hydrogen (secondary N) is 3. The molecule has 22 heavy (non-hydrogen) atoms. The fourth-order valence-corrected chi connectivity index (χ4v) is 1.99. The number of amides is 3. The minimum atomic E-state index is -0.543. The van der Waals surface area contributed by atoms with Gasteiger partial charge in [-0.2, -0.15) is 0 Å². The maximum Gasteiger partial charge on any atom is 0.317 e. The Morgan fingerprint density at radius 1 is 1.41 bits per heavy atom. The van der Waals surface area contributed by atoms with Gasteiger partial charge >= 0.3 is 6.03 Å². The number of carbonyl (C=O) groups is 2. The number of likely N-dealkylation sites (N-methyl/N-ethyl adjacent to an activating group) is 1. The molecular formula is C14H23N5O3. The monoisotopic (exact) mass is 309 g/mol. The summed E-state index contributed by atoms with van der Waals surface area (Å²) in [5, 5.41) is 8.45. The van der Waals surface area contributed by atoms with Crippen LogP contribution in [0.5, 0.6) is 0 Å². The van der Waals surface area contributed by atoms with Crippen molar-refractivity contribution in [1.29, 1.82) is 0 Å². The van der Waals surface area contributed by atoms with Gasteiger partial charge in [0.1, 0.15) is 0 Å². The minimum Gasteiger partial charge on any atom is -0.352 e. The molecule has 0 saturated heterocycles. The highest BCUT2D eigenvalue weighted by molar-refractivity contribution is 5.89. The van der Waals surface area contributed by atoms with Crippen molar-refractivity contribution in [3.8, 4) is 0 Å². The Hall–Kier alpha value is -2.34. The fourth-order valence-electron chi connectivity index (χ4n) is 1.99. The fraction of sp³-hybridized carbons (Fsp3) is 0.643. The predicted octanol–water partition coefficient (Wildman–Crippen LogP) is 0.431. The van der Waals surface area contributed by atoms with Crippen LogP contribution in [0.1, 0.15) is 32.6 Å². The van der Waals surface area contributed by atoms with Gasteiger partial charge in [0.05, 0.1) is 6.54 Å². The molecule has 0 aliphatic carbocycles. The molecule has 1 unspecified atom stereocenters. The van der Waals surface area contributed by atoms with Gasteiger partial charge in [-0.25, -0.2) is 14.6 Å². The van der Waals surface area contributed by atoms with Crippen LogP contribution in [0.3, 0.4) is 0 Å². The van der Waals surface area contributed by atoms with Gasteiger partial charge in [0.15, 0.2) is 6.29 Å². The molecule has 3 amide bonds. The molecule has 1 atom stereocenters. The second-order valence-corrected chi connectivity index (χ2v) is 5.11. The topological polar surface area (TPSA) is 103 Å². The Balaban J connectivity index is 2.14. The molecule has 0 saturated carbocycles. The van der Waals surface area contributed by atoms with Crippen LogP contribution in [0.2, 0.25) is 0 Å². The van der Waals surface area contributed by atoms with E-state index in [1.165, 1.54) is 17.1 Å². The van der Waals surface area contributed by atoms with Gasteiger partial charge in [0.2, 0.25) is 6.08 Å². The SMILES string of the molecule is CC1=CC(=O)N(C)C(NC(=O)NCCCCCCN=C=O)N1. The molecule has 1 heterocycles. The zero-order valence-electron chi connectivity index (χ0n) is 13.0.